The van der Waals surface area contributed by atoms with E-state index in [2.05, 4.69) is 0 Å². The Morgan fingerprint density at radius 3 is 1.00 bits per heavy atom. The fourth-order valence-corrected chi connectivity index (χ4v) is 0. The first-order valence-corrected chi connectivity index (χ1v) is 0. The second-order valence-corrected chi connectivity index (χ2v) is 0. The molecule has 0 nitrogen and oxygen atoms in total. The van der Waals surface area contributed by atoms with Crippen LogP contribution >= 0.6 is 0 Å². The molecule has 0 spiro atoms. The molecule has 0 aliphatic carbocycles. The molecule has 0 amide bonds. The Kier molecular flexibility index (Phi) is 153. The molecule has 0 aromatic carbocycles. The number of hydrogen-bond acceptors (Lipinski definition) is 0. The number of hydrogen-bond donors (Lipinski definition) is 0. The van der Waals surface area contributed by atoms with Crippen molar-refractivity contribution in [1.29, 1.82) is 0 Å². The normalized spacial score (nSPS) is 0. The fourth-order valence-electron chi connectivity index (χ4n) is 0. The summed E-state index contributed by atoms with van der Waals surface area (Å²) in [7, 11) is 0. The van der Waals surface area contributed by atoms with Crippen LogP contribution in [0.5, 0.6) is 0 Å². The van der Waals surface area contributed by atoms with Gasteiger partial charge in [0, 0.05) is 51.2 Å². The molecule has 0 N–H and O–H groups in total. The molecule has 2 radical (unpaired) electrons. The summed E-state index contributed by atoms with van der Waals surface area (Å²) < 4.78 is 0. The second kappa shape index (κ2) is 18.4. The molecule has 4 heavy (non-hydrogen) atoms. The van der Waals surface area contributed by atoms with E-state index in [4.69, 9.17) is 0 Å². The molecule has 0 aliphatic rings. The van der Waals surface area contributed by atoms with Crippen molar-refractivity contribution in [2.45, 2.75) is 0 Å². The van der Waals surface area contributed by atoms with E-state index in [1.165, 1.54) is 0 Å². The van der Waals surface area contributed by atoms with Crippen LogP contribution in [0.25, 0.3) is 0 Å². The van der Waals surface area contributed by atoms with E-state index in [9.17, 15) is 0 Å². The smallest absolute Gasteiger partial charge is 0 e. The molecule has 0 aromatic heterocycles. The molecule has 0 aromatic rings. The van der Waals surface area contributed by atoms with Crippen molar-refractivity contribution >= 4 is 23.1 Å². The second-order valence-electron chi connectivity index (χ2n) is 0. The topological polar surface area (TPSA) is 0 Å². The minimum Gasteiger partial charge on any atom is 0 e. The average molecular weight is 201 g/mol. The van der Waals surface area contributed by atoms with Crippen LogP contribution in [0.2, 0.25) is 0 Å². The molecule has 0 bridgehead atoms. The van der Waals surface area contributed by atoms with Gasteiger partial charge < -0.3 is 0 Å². The Labute approximate surface area is 73.4 Å². The molecule has 0 unspecified atom stereocenters. The maximum Gasteiger partial charge on any atom is 0.316 e. The third kappa shape index (κ3) is 8.85. The SMILES string of the molecule is [Cu].[Fe].[MgH2].[Mn]. The van der Waals surface area contributed by atoms with Crippen molar-refractivity contribution in [3.05, 3.63) is 0 Å². The first kappa shape index (κ1) is 33.2. The summed E-state index contributed by atoms with van der Waals surface area (Å²) in [6.07, 6.45) is 0. The van der Waals surface area contributed by atoms with Gasteiger partial charge in [0.15, 0.2) is 0 Å². The Bertz CT molecular complexity index is 8.00. The maximum atomic E-state index is 0. The van der Waals surface area contributed by atoms with Crippen LogP contribution in [0.15, 0.2) is 0 Å². The predicted molar refractivity (Wildman–Crippen MR) is 8.54 cm³/mol. The van der Waals surface area contributed by atoms with Crippen molar-refractivity contribution in [3.63, 3.8) is 0 Å². The van der Waals surface area contributed by atoms with Crippen molar-refractivity contribution < 1.29 is 51.2 Å². The van der Waals surface area contributed by atoms with E-state index in [0.717, 1.165) is 0 Å². The Morgan fingerprint density at radius 1 is 1.00 bits per heavy atom. The van der Waals surface area contributed by atoms with Gasteiger partial charge in [-0.2, -0.15) is 0 Å². The van der Waals surface area contributed by atoms with Gasteiger partial charge in [-0.25, -0.2) is 0 Å². The summed E-state index contributed by atoms with van der Waals surface area (Å²) in [6.45, 7) is 0. The van der Waals surface area contributed by atoms with E-state index in [1.807, 2.05) is 0 Å². The molecule has 0 aliphatic heterocycles. The first-order chi connectivity index (χ1) is 0. The Balaban J connectivity index is 0. The van der Waals surface area contributed by atoms with Crippen LogP contribution in [0, 0.1) is 0 Å². The predicted octanol–water partition coefficient (Wildman–Crippen LogP) is -0.924. The van der Waals surface area contributed by atoms with E-state index in [0.29, 0.717) is 0 Å². The van der Waals surface area contributed by atoms with Crippen molar-refractivity contribution in [1.82, 2.24) is 0 Å². The molecule has 0 saturated carbocycles. The van der Waals surface area contributed by atoms with Crippen LogP contribution in [0.1, 0.15) is 0 Å². The molecule has 30 valence electrons. The summed E-state index contributed by atoms with van der Waals surface area (Å²) >= 11 is 0. The van der Waals surface area contributed by atoms with Gasteiger partial charge in [-0.3, -0.25) is 0 Å². The van der Waals surface area contributed by atoms with Gasteiger partial charge in [-0.15, -0.1) is 0 Å². The average Bonchev–Trinajstić information content (AvgIpc) is 0. The summed E-state index contributed by atoms with van der Waals surface area (Å²) in [4.78, 5) is 0. The van der Waals surface area contributed by atoms with Gasteiger partial charge in [-0.05, 0) is 0 Å². The third-order valence-corrected chi connectivity index (χ3v) is 0. The zero-order chi connectivity index (χ0) is 0. The summed E-state index contributed by atoms with van der Waals surface area (Å²) in [5.41, 5.74) is 0. The Morgan fingerprint density at radius 2 is 1.00 bits per heavy atom. The van der Waals surface area contributed by atoms with Gasteiger partial charge in [0.05, 0.1) is 0 Å². The van der Waals surface area contributed by atoms with Crippen LogP contribution in [0.4, 0.5) is 0 Å². The van der Waals surface area contributed by atoms with Gasteiger partial charge in [-0.1, -0.05) is 0 Å². The standard InChI is InChI=1S/Cu.Fe.Mg.Mn.2H. The molecule has 4 heteroatoms. The molecule has 0 heterocycles. The summed E-state index contributed by atoms with van der Waals surface area (Å²) in [6, 6.07) is 0. The Hall–Kier alpha value is 2.32. The minimum atomic E-state index is 0. The molecular weight excluding hydrogens is 199 g/mol. The van der Waals surface area contributed by atoms with E-state index in [1.54, 1.807) is 0 Å². The molecular formula is H2CuFeMgMn. The van der Waals surface area contributed by atoms with Crippen molar-refractivity contribution in [2.75, 3.05) is 0 Å². The minimum absolute atomic E-state index is 0. The van der Waals surface area contributed by atoms with Gasteiger partial charge >= 0.3 is 23.1 Å². The van der Waals surface area contributed by atoms with E-state index < -0.39 is 0 Å². The van der Waals surface area contributed by atoms with E-state index in [-0.39, 0.29) is 74.3 Å². The monoisotopic (exact) mass is 200 g/mol. The first-order valence-electron chi connectivity index (χ1n) is 0. The largest absolute Gasteiger partial charge is 0.316 e. The fraction of sp³-hybridized carbons (Fsp3) is 0. The van der Waals surface area contributed by atoms with Crippen LogP contribution < -0.4 is 0 Å². The molecule has 0 atom stereocenters. The number of rotatable bonds is 0. The molecule has 0 rings (SSSR count). The zero-order valence-corrected chi connectivity index (χ0v) is 4.26. The van der Waals surface area contributed by atoms with Gasteiger partial charge in [0.2, 0.25) is 0 Å². The van der Waals surface area contributed by atoms with Crippen LogP contribution in [-0.4, -0.2) is 23.1 Å². The summed E-state index contributed by atoms with van der Waals surface area (Å²) in [5, 5.41) is 0. The third-order valence-electron chi connectivity index (χ3n) is 0. The maximum absolute atomic E-state index is 0. The van der Waals surface area contributed by atoms with Gasteiger partial charge in [0.1, 0.15) is 0 Å². The van der Waals surface area contributed by atoms with Crippen molar-refractivity contribution in [3.8, 4) is 0 Å². The van der Waals surface area contributed by atoms with Crippen LogP contribution in [-0.2, 0) is 51.2 Å². The van der Waals surface area contributed by atoms with Gasteiger partial charge in [0.25, 0.3) is 0 Å². The zero-order valence-electron chi connectivity index (χ0n) is 1.03. The van der Waals surface area contributed by atoms with Crippen LogP contribution in [0.3, 0.4) is 0 Å². The summed E-state index contributed by atoms with van der Waals surface area (Å²) in [5.74, 6) is 0. The van der Waals surface area contributed by atoms with Crippen molar-refractivity contribution in [2.24, 2.45) is 0 Å². The quantitative estimate of drug-likeness (QED) is 0.444. The molecule has 0 fully saturated rings. The molecule has 0 saturated heterocycles. The van der Waals surface area contributed by atoms with E-state index >= 15 is 0 Å².